The van der Waals surface area contributed by atoms with Gasteiger partial charge in [0.25, 0.3) is 0 Å². The third-order valence-corrected chi connectivity index (χ3v) is 23.2. The largest absolute Gasteiger partial charge is 2.00 e. The smallest absolute Gasteiger partial charge is 0.744 e. The van der Waals surface area contributed by atoms with Gasteiger partial charge in [-0.05, 0) is 61.1 Å². The van der Waals surface area contributed by atoms with Crippen LogP contribution in [0.5, 0.6) is 0 Å². The molecular weight excluding hydrogens is 1270 g/mol. The van der Waals surface area contributed by atoms with Crippen molar-refractivity contribution in [1.82, 2.24) is 0 Å². The van der Waals surface area contributed by atoms with E-state index in [-0.39, 0.29) is 32.8 Å². The Bertz CT molecular complexity index is 1980. The van der Waals surface area contributed by atoms with E-state index in [4.69, 9.17) is 0 Å². The van der Waals surface area contributed by atoms with Crippen LogP contribution in [0.1, 0.15) is 500 Å². The second-order valence-electron chi connectivity index (χ2n) is 31.2. The quantitative estimate of drug-likeness (QED) is 0.0370. The molecule has 0 heterocycles. The van der Waals surface area contributed by atoms with E-state index in [0.717, 1.165) is 36.8 Å². The van der Waals surface area contributed by atoms with Gasteiger partial charge in [0.2, 0.25) is 0 Å². The van der Waals surface area contributed by atoms with Gasteiger partial charge in [-0.1, -0.05) is 500 Å². The summed E-state index contributed by atoms with van der Waals surface area (Å²) in [6.45, 7) is 4.61. The molecule has 2 aromatic rings. The molecule has 0 aliphatic heterocycles. The first-order valence-corrected chi connectivity index (χ1v) is 47.0. The van der Waals surface area contributed by atoms with E-state index in [9.17, 15) is 25.9 Å². The summed E-state index contributed by atoms with van der Waals surface area (Å²) < 4.78 is 67.0. The van der Waals surface area contributed by atoms with Crippen molar-refractivity contribution in [3.8, 4) is 0 Å². The van der Waals surface area contributed by atoms with Crippen molar-refractivity contribution in [2.45, 2.75) is 512 Å². The van der Waals surface area contributed by atoms with Crippen molar-refractivity contribution in [1.29, 1.82) is 0 Å². The van der Waals surface area contributed by atoms with Crippen LogP contribution >= 0.6 is 0 Å². The van der Waals surface area contributed by atoms with Gasteiger partial charge in [0.1, 0.15) is 20.2 Å². The first-order chi connectivity index (χ1) is 48.1. The Morgan fingerprint density at radius 3 is 0.444 bits per heavy atom. The second-order valence-corrected chi connectivity index (χ2v) is 33.9. The van der Waals surface area contributed by atoms with Crippen molar-refractivity contribution >= 4 is 43.3 Å². The molecule has 9 heteroatoms. The van der Waals surface area contributed by atoms with Crippen molar-refractivity contribution < 1.29 is 25.9 Å². The van der Waals surface area contributed by atoms with Gasteiger partial charge in [-0.3, -0.25) is 0 Å². The van der Waals surface area contributed by atoms with Crippen molar-refractivity contribution in [3.63, 3.8) is 0 Å². The molecule has 0 spiro atoms. The summed E-state index contributed by atoms with van der Waals surface area (Å²) >= 11 is 0. The summed E-state index contributed by atoms with van der Waals surface area (Å²) in [5.74, 6) is 0. The molecule has 0 atom stereocenters. The molecule has 0 aromatic heterocycles. The number of benzene rings is 2. The van der Waals surface area contributed by atoms with Crippen LogP contribution in [0.4, 0.5) is 0 Å². The molecule has 0 saturated carbocycles. The molecule has 0 N–H and O–H groups in total. The zero-order valence-electron chi connectivity index (χ0n) is 66.3. The van der Waals surface area contributed by atoms with Gasteiger partial charge in [0, 0.05) is 0 Å². The normalized spacial score (nSPS) is 11.8. The van der Waals surface area contributed by atoms with E-state index in [1.54, 1.807) is 12.1 Å². The Balaban J connectivity index is 0.00000192. The van der Waals surface area contributed by atoms with Crippen LogP contribution in [0.25, 0.3) is 0 Å². The molecule has 2 aromatic carbocycles. The molecule has 0 aliphatic rings. The second kappa shape index (κ2) is 78.1. The van der Waals surface area contributed by atoms with Crippen LogP contribution in [0, 0.1) is 0 Å². The Labute approximate surface area is 635 Å². The predicted octanol–water partition coefficient (Wildman–Crippen LogP) is 30.8. The average molecular weight is 1430 g/mol. The van der Waals surface area contributed by atoms with Gasteiger partial charge in [0.15, 0.2) is 0 Å². The standard InChI is InChI=1S/2C45H84O3S.Mg/c2*1-2-3-4-5-6-7-8-9-10-11-12-13-14-15-16-17-18-19-20-21-22-23-24-25-26-27-28-29-30-31-32-33-34-35-36-37-38-40-44-41-39-42-45(43-44)49(46,47)48;/h2*39,41-43H,2-38,40H2,1H3,(H,46,47,48);/q;;+2/p-2. The molecule has 0 unspecified atom stereocenters. The summed E-state index contributed by atoms with van der Waals surface area (Å²) in [6.07, 6.45) is 107. The fourth-order valence-corrected chi connectivity index (χ4v) is 16.0. The van der Waals surface area contributed by atoms with Gasteiger partial charge in [-0.25, -0.2) is 16.8 Å². The summed E-state index contributed by atoms with van der Waals surface area (Å²) in [7, 11) is -8.70. The Morgan fingerprint density at radius 2 is 0.323 bits per heavy atom. The van der Waals surface area contributed by atoms with Crippen molar-refractivity contribution in [3.05, 3.63) is 59.7 Å². The molecule has 0 fully saturated rings. The average Bonchev–Trinajstić information content (AvgIpc) is 0.879. The molecule has 0 aliphatic carbocycles. The maximum atomic E-state index is 11.2. The number of unbranched alkanes of at least 4 members (excludes halogenated alkanes) is 72. The number of aryl methyl sites for hydroxylation is 2. The third-order valence-electron chi connectivity index (χ3n) is 21.5. The Morgan fingerprint density at radius 1 is 0.202 bits per heavy atom. The SMILES string of the molecule is CCCCCCCCCCCCCCCCCCCCCCCCCCCCCCCCCCCCCCCc1cccc(S(=O)(=O)[O-])c1.CCCCCCCCCCCCCCCCCCCCCCCCCCCCCCCCCCCCCCCc1cccc(S(=O)(=O)[O-])c1.[Mg+2]. The van der Waals surface area contributed by atoms with E-state index in [1.807, 2.05) is 12.1 Å². The maximum Gasteiger partial charge on any atom is 2.00 e. The van der Waals surface area contributed by atoms with Crippen LogP contribution in [0.3, 0.4) is 0 Å². The molecule has 0 bridgehead atoms. The van der Waals surface area contributed by atoms with Gasteiger partial charge in [0.05, 0.1) is 9.79 Å². The third kappa shape index (κ3) is 73.7. The molecule has 2 rings (SSSR count). The van der Waals surface area contributed by atoms with Crippen LogP contribution in [-0.2, 0) is 33.1 Å². The molecular formula is C90H166MgO6S2. The van der Waals surface area contributed by atoms with Crippen LogP contribution in [-0.4, -0.2) is 49.0 Å². The Kier molecular flexibility index (Phi) is 77.3. The molecule has 0 saturated heterocycles. The molecule has 6 nitrogen and oxygen atoms in total. The fourth-order valence-electron chi connectivity index (χ4n) is 14.9. The predicted molar refractivity (Wildman–Crippen MR) is 435 cm³/mol. The molecule has 0 amide bonds. The maximum absolute atomic E-state index is 11.2. The van der Waals surface area contributed by atoms with Crippen molar-refractivity contribution in [2.75, 3.05) is 0 Å². The van der Waals surface area contributed by atoms with E-state index >= 15 is 0 Å². The first-order valence-electron chi connectivity index (χ1n) is 44.2. The van der Waals surface area contributed by atoms with Gasteiger partial charge in [-0.15, -0.1) is 0 Å². The minimum atomic E-state index is -4.35. The van der Waals surface area contributed by atoms with E-state index in [2.05, 4.69) is 13.8 Å². The van der Waals surface area contributed by atoms with Crippen LogP contribution in [0.2, 0.25) is 0 Å². The molecule has 99 heavy (non-hydrogen) atoms. The van der Waals surface area contributed by atoms with Crippen LogP contribution in [0.15, 0.2) is 58.3 Å². The zero-order chi connectivity index (χ0) is 70.7. The summed E-state index contributed by atoms with van der Waals surface area (Å²) in [5.41, 5.74) is 1.90. The fraction of sp³-hybridized carbons (Fsp3) is 0.867. The zero-order valence-corrected chi connectivity index (χ0v) is 69.4. The minimum Gasteiger partial charge on any atom is -0.744 e. The molecule has 576 valence electrons. The number of hydrogen-bond donors (Lipinski definition) is 0. The van der Waals surface area contributed by atoms with Gasteiger partial charge in [-0.2, -0.15) is 0 Å². The van der Waals surface area contributed by atoms with Crippen LogP contribution < -0.4 is 0 Å². The van der Waals surface area contributed by atoms with Crippen molar-refractivity contribution in [2.24, 2.45) is 0 Å². The van der Waals surface area contributed by atoms with Gasteiger partial charge < -0.3 is 9.11 Å². The first kappa shape index (κ1) is 98.0. The van der Waals surface area contributed by atoms with E-state index in [1.165, 1.54) is 487 Å². The monoisotopic (exact) mass is 1430 g/mol. The minimum absolute atomic E-state index is 0. The Hall–Kier alpha value is -0.974. The van der Waals surface area contributed by atoms with E-state index in [0.29, 0.717) is 0 Å². The van der Waals surface area contributed by atoms with E-state index < -0.39 is 20.2 Å². The topological polar surface area (TPSA) is 114 Å². The number of hydrogen-bond acceptors (Lipinski definition) is 6. The summed E-state index contributed by atoms with van der Waals surface area (Å²) in [5, 5.41) is 0. The molecule has 0 radical (unpaired) electrons. The number of rotatable bonds is 78. The summed E-state index contributed by atoms with van der Waals surface area (Å²) in [6, 6.07) is 13.0. The summed E-state index contributed by atoms with van der Waals surface area (Å²) in [4.78, 5) is -0.210. The van der Waals surface area contributed by atoms with Gasteiger partial charge >= 0.3 is 23.1 Å².